The first kappa shape index (κ1) is 14.8. The molecule has 0 saturated carbocycles. The molecule has 0 heterocycles. The lowest BCUT2D eigenvalue weighted by atomic mass is 9.97. The predicted molar refractivity (Wildman–Crippen MR) is 75.0 cm³/mol. The van der Waals surface area contributed by atoms with E-state index in [4.69, 9.17) is 5.73 Å². The third-order valence-corrected chi connectivity index (χ3v) is 3.88. The molecule has 5 nitrogen and oxygen atoms in total. The first-order valence-corrected chi connectivity index (χ1v) is 7.21. The Hall–Kier alpha value is -1.27. The van der Waals surface area contributed by atoms with Crippen LogP contribution in [0.15, 0.2) is 23.1 Å². The van der Waals surface area contributed by atoms with Crippen molar-refractivity contribution in [1.82, 2.24) is 4.72 Å². The molecule has 0 unspecified atom stereocenters. The molecule has 0 aromatic heterocycles. The van der Waals surface area contributed by atoms with E-state index in [1.807, 2.05) is 0 Å². The normalized spacial score (nSPS) is 12.4. The van der Waals surface area contributed by atoms with Gasteiger partial charge in [-0.2, -0.15) is 0 Å². The first-order chi connectivity index (χ1) is 8.15. The van der Waals surface area contributed by atoms with Gasteiger partial charge >= 0.3 is 0 Å². The number of anilines is 2. The first-order valence-electron chi connectivity index (χ1n) is 5.73. The average molecular weight is 271 g/mol. The lowest BCUT2D eigenvalue weighted by Crippen LogP contribution is -2.21. The lowest BCUT2D eigenvalue weighted by molar-refractivity contribution is 0.443. The molecular weight excluding hydrogens is 250 g/mol. The fourth-order valence-electron chi connectivity index (χ4n) is 1.38. The van der Waals surface area contributed by atoms with Crippen LogP contribution in [0.2, 0.25) is 0 Å². The van der Waals surface area contributed by atoms with Gasteiger partial charge in [0.2, 0.25) is 10.0 Å². The predicted octanol–water partition coefficient (Wildman–Crippen LogP) is 1.63. The van der Waals surface area contributed by atoms with E-state index in [0.717, 1.165) is 12.2 Å². The summed E-state index contributed by atoms with van der Waals surface area (Å²) in [6.07, 6.45) is 0. The summed E-state index contributed by atoms with van der Waals surface area (Å²) in [4.78, 5) is 0.103. The topological polar surface area (TPSA) is 84.2 Å². The maximum atomic E-state index is 11.6. The maximum Gasteiger partial charge on any atom is 0.242 e. The molecule has 0 spiro atoms. The quantitative estimate of drug-likeness (QED) is 0.727. The molecule has 0 radical (unpaired) electrons. The molecule has 1 rings (SSSR count). The molecule has 1 aromatic carbocycles. The number of rotatable bonds is 4. The molecule has 0 fully saturated rings. The molecule has 0 aliphatic rings. The SMILES string of the molecule is CNS(=O)(=O)c1ccc(NCC(C)(C)C)cc1N. The second-order valence-electron chi connectivity index (χ2n) is 5.37. The van der Waals surface area contributed by atoms with E-state index in [0.29, 0.717) is 0 Å². The molecule has 6 heteroatoms. The highest BCUT2D eigenvalue weighted by atomic mass is 32.2. The fourth-order valence-corrected chi connectivity index (χ4v) is 2.22. The van der Waals surface area contributed by atoms with Crippen LogP contribution < -0.4 is 15.8 Å². The van der Waals surface area contributed by atoms with Gasteiger partial charge in [0.1, 0.15) is 4.90 Å². The van der Waals surface area contributed by atoms with Crippen LogP contribution in [-0.2, 0) is 10.0 Å². The van der Waals surface area contributed by atoms with Gasteiger partial charge in [0.05, 0.1) is 5.69 Å². The van der Waals surface area contributed by atoms with E-state index in [9.17, 15) is 8.42 Å². The van der Waals surface area contributed by atoms with Gasteiger partial charge in [0.25, 0.3) is 0 Å². The third-order valence-electron chi connectivity index (χ3n) is 2.39. The zero-order valence-corrected chi connectivity index (χ0v) is 12.1. The number of sulfonamides is 1. The third kappa shape index (κ3) is 3.89. The molecule has 0 amide bonds. The smallest absolute Gasteiger partial charge is 0.242 e. The number of nitrogens with two attached hydrogens (primary N) is 1. The van der Waals surface area contributed by atoms with Crippen LogP contribution >= 0.6 is 0 Å². The van der Waals surface area contributed by atoms with Crippen LogP contribution in [0.5, 0.6) is 0 Å². The Balaban J connectivity index is 2.94. The number of hydrogen-bond acceptors (Lipinski definition) is 4. The Kier molecular flexibility index (Phi) is 4.24. The summed E-state index contributed by atoms with van der Waals surface area (Å²) in [5.74, 6) is 0. The van der Waals surface area contributed by atoms with Crippen molar-refractivity contribution in [1.29, 1.82) is 0 Å². The van der Waals surface area contributed by atoms with Crippen molar-refractivity contribution >= 4 is 21.4 Å². The minimum atomic E-state index is -3.49. The monoisotopic (exact) mass is 271 g/mol. The molecule has 0 atom stereocenters. The van der Waals surface area contributed by atoms with Crippen LogP contribution in [0, 0.1) is 5.41 Å². The van der Waals surface area contributed by atoms with E-state index in [2.05, 4.69) is 30.8 Å². The molecule has 0 bridgehead atoms. The van der Waals surface area contributed by atoms with Crippen molar-refractivity contribution in [3.8, 4) is 0 Å². The second-order valence-corrected chi connectivity index (χ2v) is 7.23. The summed E-state index contributed by atoms with van der Waals surface area (Å²) < 4.78 is 25.5. The largest absolute Gasteiger partial charge is 0.398 e. The molecule has 1 aromatic rings. The highest BCUT2D eigenvalue weighted by molar-refractivity contribution is 7.89. The minimum absolute atomic E-state index is 0.103. The molecule has 0 aliphatic carbocycles. The number of hydrogen-bond donors (Lipinski definition) is 3. The van der Waals surface area contributed by atoms with Crippen LogP contribution in [-0.4, -0.2) is 22.0 Å². The summed E-state index contributed by atoms with van der Waals surface area (Å²) in [5.41, 5.74) is 6.96. The standard InChI is InChI=1S/C12H21N3O2S/c1-12(2,3)8-15-9-5-6-11(10(13)7-9)18(16,17)14-4/h5-7,14-15H,8,13H2,1-4H3. The van der Waals surface area contributed by atoms with Crippen molar-refractivity contribution < 1.29 is 8.42 Å². The Morgan fingerprint density at radius 1 is 1.28 bits per heavy atom. The molecule has 0 saturated heterocycles. The Morgan fingerprint density at radius 3 is 2.33 bits per heavy atom. The molecule has 0 aliphatic heterocycles. The average Bonchev–Trinajstić information content (AvgIpc) is 2.25. The zero-order chi connectivity index (χ0) is 14.0. The number of nitrogen functional groups attached to an aromatic ring is 1. The summed E-state index contributed by atoms with van der Waals surface area (Å²) in [6.45, 7) is 7.13. The van der Waals surface area contributed by atoms with E-state index in [1.54, 1.807) is 12.1 Å². The highest BCUT2D eigenvalue weighted by Crippen LogP contribution is 2.23. The molecule has 4 N–H and O–H groups in total. The van der Waals surface area contributed by atoms with Gasteiger partial charge in [0.15, 0.2) is 0 Å². The van der Waals surface area contributed by atoms with Gasteiger partial charge in [-0.3, -0.25) is 0 Å². The van der Waals surface area contributed by atoms with Gasteiger partial charge in [-0.15, -0.1) is 0 Å². The van der Waals surface area contributed by atoms with Crippen molar-refractivity contribution in [2.24, 2.45) is 5.41 Å². The van der Waals surface area contributed by atoms with Crippen LogP contribution in [0.4, 0.5) is 11.4 Å². The highest BCUT2D eigenvalue weighted by Gasteiger charge is 2.16. The fraction of sp³-hybridized carbons (Fsp3) is 0.500. The Morgan fingerprint density at radius 2 is 1.89 bits per heavy atom. The van der Waals surface area contributed by atoms with Gasteiger partial charge in [0, 0.05) is 12.2 Å². The summed E-state index contributed by atoms with van der Waals surface area (Å²) in [6, 6.07) is 4.86. The van der Waals surface area contributed by atoms with Gasteiger partial charge < -0.3 is 11.1 Å². The van der Waals surface area contributed by atoms with E-state index in [1.165, 1.54) is 13.1 Å². The number of nitrogens with one attached hydrogen (secondary N) is 2. The van der Waals surface area contributed by atoms with Gasteiger partial charge in [-0.25, -0.2) is 13.1 Å². The summed E-state index contributed by atoms with van der Waals surface area (Å²) >= 11 is 0. The summed E-state index contributed by atoms with van der Waals surface area (Å²) in [5, 5.41) is 3.23. The lowest BCUT2D eigenvalue weighted by Gasteiger charge is -2.20. The van der Waals surface area contributed by atoms with Crippen molar-refractivity contribution in [3.63, 3.8) is 0 Å². The van der Waals surface area contributed by atoms with Crippen molar-refractivity contribution in [2.45, 2.75) is 25.7 Å². The van der Waals surface area contributed by atoms with Crippen LogP contribution in [0.1, 0.15) is 20.8 Å². The molecule has 18 heavy (non-hydrogen) atoms. The minimum Gasteiger partial charge on any atom is -0.398 e. The molecular formula is C12H21N3O2S. The van der Waals surface area contributed by atoms with Crippen molar-refractivity contribution in [2.75, 3.05) is 24.6 Å². The van der Waals surface area contributed by atoms with Gasteiger partial charge in [-0.1, -0.05) is 20.8 Å². The van der Waals surface area contributed by atoms with Crippen LogP contribution in [0.3, 0.4) is 0 Å². The second kappa shape index (κ2) is 5.16. The maximum absolute atomic E-state index is 11.6. The van der Waals surface area contributed by atoms with E-state index in [-0.39, 0.29) is 16.0 Å². The number of benzene rings is 1. The Bertz CT molecular complexity index is 519. The molecule has 102 valence electrons. The zero-order valence-electron chi connectivity index (χ0n) is 11.2. The van der Waals surface area contributed by atoms with E-state index >= 15 is 0 Å². The van der Waals surface area contributed by atoms with Crippen LogP contribution in [0.25, 0.3) is 0 Å². The summed E-state index contributed by atoms with van der Waals surface area (Å²) in [7, 11) is -2.13. The van der Waals surface area contributed by atoms with Crippen molar-refractivity contribution in [3.05, 3.63) is 18.2 Å². The van der Waals surface area contributed by atoms with E-state index < -0.39 is 10.0 Å². The van der Waals surface area contributed by atoms with Gasteiger partial charge in [-0.05, 0) is 30.7 Å². The Labute approximate surface area is 109 Å².